The molecule has 0 radical (unpaired) electrons. The van der Waals surface area contributed by atoms with Gasteiger partial charge >= 0.3 is 0 Å². The van der Waals surface area contributed by atoms with E-state index in [-0.39, 0.29) is 0 Å². The molecule has 1 aromatic heterocycles. The van der Waals surface area contributed by atoms with Gasteiger partial charge in [0.1, 0.15) is 18.9 Å². The van der Waals surface area contributed by atoms with Gasteiger partial charge in [0.25, 0.3) is 5.88 Å². The number of nitrogens with zero attached hydrogens (tertiary/aromatic N) is 2. The molecule has 2 unspecified atom stereocenters. The molecule has 2 aromatic rings. The molecule has 1 heterocycles. The van der Waals surface area contributed by atoms with E-state index in [2.05, 4.69) is 40.3 Å². The molecule has 30 heavy (non-hydrogen) atoms. The molecule has 0 aliphatic heterocycles. The SMILES string of the molecule is C(#CC1CCCC1)c1cc(OCC2=CC3CC3C=C2)c(OCc2ccccc2)nn1. The molecule has 152 valence electrons. The van der Waals surface area contributed by atoms with Gasteiger partial charge in [-0.15, -0.1) is 10.2 Å². The summed E-state index contributed by atoms with van der Waals surface area (Å²) in [4.78, 5) is 0. The quantitative estimate of drug-likeness (QED) is 0.635. The monoisotopic (exact) mass is 398 g/mol. The number of fused-ring (bicyclic) bond motifs is 1. The fourth-order valence-electron chi connectivity index (χ4n) is 4.08. The number of ether oxygens (including phenoxy) is 2. The van der Waals surface area contributed by atoms with Gasteiger partial charge in [-0.25, -0.2) is 0 Å². The van der Waals surface area contributed by atoms with Crippen molar-refractivity contribution in [2.45, 2.75) is 38.7 Å². The molecular weight excluding hydrogens is 372 g/mol. The van der Waals surface area contributed by atoms with Crippen LogP contribution in [0, 0.1) is 29.6 Å². The van der Waals surface area contributed by atoms with Crippen LogP contribution in [0.15, 0.2) is 60.2 Å². The average molecular weight is 399 g/mol. The molecular formula is C26H26N2O2. The van der Waals surface area contributed by atoms with Crippen LogP contribution in [-0.4, -0.2) is 16.8 Å². The number of aromatic nitrogens is 2. The van der Waals surface area contributed by atoms with Crippen molar-refractivity contribution in [3.8, 4) is 23.5 Å². The lowest BCUT2D eigenvalue weighted by molar-refractivity contribution is 0.258. The Morgan fingerprint density at radius 1 is 0.967 bits per heavy atom. The predicted molar refractivity (Wildman–Crippen MR) is 116 cm³/mol. The summed E-state index contributed by atoms with van der Waals surface area (Å²) in [5, 5.41) is 8.56. The highest BCUT2D eigenvalue weighted by Gasteiger charge is 2.34. The topological polar surface area (TPSA) is 44.2 Å². The number of hydrogen-bond donors (Lipinski definition) is 0. The molecule has 2 fully saturated rings. The number of benzene rings is 1. The first-order valence-corrected chi connectivity index (χ1v) is 10.9. The molecule has 5 rings (SSSR count). The zero-order chi connectivity index (χ0) is 20.2. The van der Waals surface area contributed by atoms with Gasteiger partial charge in [0.2, 0.25) is 0 Å². The van der Waals surface area contributed by atoms with Crippen LogP contribution in [0.5, 0.6) is 11.6 Å². The Bertz CT molecular complexity index is 1010. The third-order valence-corrected chi connectivity index (χ3v) is 5.98. The van der Waals surface area contributed by atoms with Crippen molar-refractivity contribution in [3.63, 3.8) is 0 Å². The summed E-state index contributed by atoms with van der Waals surface area (Å²) in [6.07, 6.45) is 13.0. The molecule has 2 saturated carbocycles. The molecule has 0 amide bonds. The van der Waals surface area contributed by atoms with E-state index in [0.29, 0.717) is 42.4 Å². The normalized spacial score (nSPS) is 21.9. The zero-order valence-electron chi connectivity index (χ0n) is 17.1. The van der Waals surface area contributed by atoms with Gasteiger partial charge in [-0.1, -0.05) is 67.3 Å². The van der Waals surface area contributed by atoms with Crippen molar-refractivity contribution in [1.29, 1.82) is 0 Å². The summed E-state index contributed by atoms with van der Waals surface area (Å²) < 4.78 is 12.1. The van der Waals surface area contributed by atoms with E-state index in [1.54, 1.807) is 0 Å². The molecule has 3 aliphatic rings. The summed E-state index contributed by atoms with van der Waals surface area (Å²) in [6, 6.07) is 11.9. The van der Waals surface area contributed by atoms with Crippen LogP contribution in [0.1, 0.15) is 43.4 Å². The van der Waals surface area contributed by atoms with Crippen molar-refractivity contribution < 1.29 is 9.47 Å². The van der Waals surface area contributed by atoms with Crippen molar-refractivity contribution in [1.82, 2.24) is 10.2 Å². The van der Waals surface area contributed by atoms with Crippen LogP contribution in [0.2, 0.25) is 0 Å². The maximum absolute atomic E-state index is 6.13. The fourth-order valence-corrected chi connectivity index (χ4v) is 4.08. The lowest BCUT2D eigenvalue weighted by atomic mass is 10.1. The Morgan fingerprint density at radius 2 is 1.83 bits per heavy atom. The van der Waals surface area contributed by atoms with E-state index < -0.39 is 0 Å². The van der Waals surface area contributed by atoms with Gasteiger partial charge in [-0.2, -0.15) is 0 Å². The third-order valence-electron chi connectivity index (χ3n) is 5.98. The molecule has 4 nitrogen and oxygen atoms in total. The van der Waals surface area contributed by atoms with E-state index in [9.17, 15) is 0 Å². The van der Waals surface area contributed by atoms with Crippen molar-refractivity contribution in [3.05, 3.63) is 71.5 Å². The minimum Gasteiger partial charge on any atom is -0.483 e. The van der Waals surface area contributed by atoms with Gasteiger partial charge in [-0.3, -0.25) is 0 Å². The van der Waals surface area contributed by atoms with E-state index in [1.807, 2.05) is 36.4 Å². The molecule has 0 saturated heterocycles. The molecule has 1 aromatic carbocycles. The van der Waals surface area contributed by atoms with Crippen molar-refractivity contribution in [2.24, 2.45) is 17.8 Å². The lowest BCUT2D eigenvalue weighted by Crippen LogP contribution is -2.07. The standard InChI is InChI=1S/C26H26N2O2/c1-2-8-20(9-3-1)17-30-26-25(29-18-21-10-12-22-15-23(22)14-21)16-24(27-28-26)13-11-19-6-4-5-7-19/h1-3,8-10,12,14,16,19,22-23H,4-7,15,17-18H2. The van der Waals surface area contributed by atoms with Crippen LogP contribution in [-0.2, 0) is 6.61 Å². The smallest absolute Gasteiger partial charge is 0.276 e. The second kappa shape index (κ2) is 8.75. The average Bonchev–Trinajstić information content (AvgIpc) is 3.37. The molecule has 0 bridgehead atoms. The van der Waals surface area contributed by atoms with Gasteiger partial charge < -0.3 is 9.47 Å². The largest absolute Gasteiger partial charge is 0.483 e. The lowest BCUT2D eigenvalue weighted by Gasteiger charge is -2.13. The van der Waals surface area contributed by atoms with Crippen LogP contribution in [0.3, 0.4) is 0 Å². The van der Waals surface area contributed by atoms with E-state index in [0.717, 1.165) is 11.5 Å². The van der Waals surface area contributed by atoms with Crippen LogP contribution in [0.25, 0.3) is 0 Å². The van der Waals surface area contributed by atoms with E-state index in [1.165, 1.54) is 37.7 Å². The van der Waals surface area contributed by atoms with Crippen LogP contribution in [0.4, 0.5) is 0 Å². The molecule has 0 spiro atoms. The second-order valence-electron chi connectivity index (χ2n) is 8.38. The van der Waals surface area contributed by atoms with Crippen LogP contribution >= 0.6 is 0 Å². The Hall–Kier alpha value is -3.06. The molecule has 4 heteroatoms. The van der Waals surface area contributed by atoms with E-state index in [4.69, 9.17) is 9.47 Å². The summed E-state index contributed by atoms with van der Waals surface area (Å²) in [7, 11) is 0. The molecule has 0 N–H and O–H groups in total. The third kappa shape index (κ3) is 4.74. The van der Waals surface area contributed by atoms with Gasteiger partial charge in [-0.05, 0) is 48.2 Å². The van der Waals surface area contributed by atoms with Crippen LogP contribution < -0.4 is 9.47 Å². The number of allylic oxidation sites excluding steroid dienone is 2. The minimum atomic E-state index is 0.412. The maximum atomic E-state index is 6.13. The molecule has 2 atom stereocenters. The van der Waals surface area contributed by atoms with Crippen molar-refractivity contribution in [2.75, 3.05) is 6.61 Å². The number of hydrogen-bond acceptors (Lipinski definition) is 4. The predicted octanol–water partition coefficient (Wildman–Crippen LogP) is 5.11. The van der Waals surface area contributed by atoms with Gasteiger partial charge in [0.05, 0.1) is 0 Å². The number of rotatable bonds is 6. The Morgan fingerprint density at radius 3 is 2.67 bits per heavy atom. The maximum Gasteiger partial charge on any atom is 0.276 e. The zero-order valence-corrected chi connectivity index (χ0v) is 17.1. The summed E-state index contributed by atoms with van der Waals surface area (Å²) in [5.41, 5.74) is 2.92. The first kappa shape index (κ1) is 18.9. The highest BCUT2D eigenvalue weighted by molar-refractivity contribution is 5.41. The first-order chi connectivity index (χ1) is 14.8. The summed E-state index contributed by atoms with van der Waals surface area (Å²) in [5.74, 6) is 9.48. The Balaban J connectivity index is 1.32. The first-order valence-electron chi connectivity index (χ1n) is 10.9. The highest BCUT2D eigenvalue weighted by Crippen LogP contribution is 2.44. The summed E-state index contributed by atoms with van der Waals surface area (Å²) in [6.45, 7) is 0.925. The van der Waals surface area contributed by atoms with Crippen molar-refractivity contribution >= 4 is 0 Å². The fraction of sp³-hybridized carbons (Fsp3) is 0.385. The highest BCUT2D eigenvalue weighted by atomic mass is 16.5. The Labute approximate surface area is 178 Å². The minimum absolute atomic E-state index is 0.412. The molecule has 3 aliphatic carbocycles. The second-order valence-corrected chi connectivity index (χ2v) is 8.38. The van der Waals surface area contributed by atoms with Gasteiger partial charge in [0.15, 0.2) is 5.75 Å². The Kier molecular flexibility index (Phi) is 5.52. The van der Waals surface area contributed by atoms with E-state index >= 15 is 0 Å². The van der Waals surface area contributed by atoms with Gasteiger partial charge in [0, 0.05) is 12.0 Å². The summed E-state index contributed by atoms with van der Waals surface area (Å²) >= 11 is 0.